The van der Waals surface area contributed by atoms with E-state index < -0.39 is 10.0 Å². The summed E-state index contributed by atoms with van der Waals surface area (Å²) >= 11 is 0. The van der Waals surface area contributed by atoms with Crippen LogP contribution in [0.4, 0.5) is 0 Å². The molecule has 0 aromatic rings. The van der Waals surface area contributed by atoms with Crippen molar-refractivity contribution in [2.45, 2.75) is 57.6 Å². The third kappa shape index (κ3) is 5.31. The molecule has 1 saturated carbocycles. The van der Waals surface area contributed by atoms with Crippen LogP contribution < -0.4 is 5.32 Å². The largest absolute Gasteiger partial charge is 0.378 e. The maximum atomic E-state index is 12.2. The monoisotopic (exact) mass is 304 g/mol. The molecule has 2 rings (SSSR count). The molecule has 0 aromatic carbocycles. The molecule has 1 heterocycles. The molecule has 0 atom stereocenters. The van der Waals surface area contributed by atoms with E-state index in [1.165, 1.54) is 12.8 Å². The topological polar surface area (TPSA) is 58.6 Å². The molecule has 6 heteroatoms. The molecule has 0 aromatic heterocycles. The molecule has 0 spiro atoms. The van der Waals surface area contributed by atoms with Gasteiger partial charge in [0.1, 0.15) is 0 Å². The number of hydrogen-bond acceptors (Lipinski definition) is 4. The molecule has 20 heavy (non-hydrogen) atoms. The third-order valence-corrected chi connectivity index (χ3v) is 5.99. The number of ether oxygens (including phenoxy) is 1. The highest BCUT2D eigenvalue weighted by Gasteiger charge is 2.27. The first-order valence-electron chi connectivity index (χ1n) is 7.94. The van der Waals surface area contributed by atoms with E-state index in [-0.39, 0.29) is 6.10 Å². The quantitative estimate of drug-likeness (QED) is 0.653. The average molecular weight is 304 g/mol. The molecular formula is C14H28N2O3S. The molecule has 0 bridgehead atoms. The van der Waals surface area contributed by atoms with Crippen LogP contribution in [-0.4, -0.2) is 56.9 Å². The second-order valence-electron chi connectivity index (χ2n) is 5.81. The second-order valence-corrected chi connectivity index (χ2v) is 7.89. The van der Waals surface area contributed by atoms with Gasteiger partial charge in [-0.2, -0.15) is 0 Å². The average Bonchev–Trinajstić information content (AvgIpc) is 3.23. The van der Waals surface area contributed by atoms with Gasteiger partial charge in [0.2, 0.25) is 10.0 Å². The Bertz CT molecular complexity index is 374. The zero-order valence-electron chi connectivity index (χ0n) is 12.5. The minimum atomic E-state index is -3.06. The van der Waals surface area contributed by atoms with Gasteiger partial charge in [-0.25, -0.2) is 12.7 Å². The minimum Gasteiger partial charge on any atom is -0.378 e. The van der Waals surface area contributed by atoms with Crippen LogP contribution in [0.2, 0.25) is 0 Å². The number of unbranched alkanes of at least 4 members (excludes halogenated alkanes) is 1. The van der Waals surface area contributed by atoms with Gasteiger partial charge in [-0.15, -0.1) is 0 Å². The Balaban J connectivity index is 1.62. The van der Waals surface area contributed by atoms with Crippen LogP contribution in [0.5, 0.6) is 0 Å². The van der Waals surface area contributed by atoms with Gasteiger partial charge in [0.05, 0.1) is 11.9 Å². The third-order valence-electron chi connectivity index (χ3n) is 4.04. The van der Waals surface area contributed by atoms with Crippen molar-refractivity contribution in [1.29, 1.82) is 0 Å². The molecule has 5 nitrogen and oxygen atoms in total. The van der Waals surface area contributed by atoms with Crippen LogP contribution in [0.3, 0.4) is 0 Å². The highest BCUT2D eigenvalue weighted by atomic mass is 32.2. The summed E-state index contributed by atoms with van der Waals surface area (Å²) in [4.78, 5) is 0. The summed E-state index contributed by atoms with van der Waals surface area (Å²) in [6, 6.07) is 0.712. The Hall–Kier alpha value is -0.170. The fourth-order valence-electron chi connectivity index (χ4n) is 2.64. The van der Waals surface area contributed by atoms with Crippen LogP contribution in [0.1, 0.15) is 45.4 Å². The zero-order valence-corrected chi connectivity index (χ0v) is 13.3. The van der Waals surface area contributed by atoms with Crippen molar-refractivity contribution in [1.82, 2.24) is 9.62 Å². The van der Waals surface area contributed by atoms with E-state index in [9.17, 15) is 8.42 Å². The summed E-state index contributed by atoms with van der Waals surface area (Å²) in [5.74, 6) is 0.290. The molecule has 0 unspecified atom stereocenters. The first-order valence-corrected chi connectivity index (χ1v) is 9.55. The van der Waals surface area contributed by atoms with Crippen LogP contribution in [0.25, 0.3) is 0 Å². The number of nitrogens with one attached hydrogen (secondary N) is 1. The van der Waals surface area contributed by atoms with Crippen molar-refractivity contribution in [3.8, 4) is 0 Å². The Morgan fingerprint density at radius 2 is 1.85 bits per heavy atom. The van der Waals surface area contributed by atoms with E-state index in [4.69, 9.17) is 4.74 Å². The van der Waals surface area contributed by atoms with Crippen molar-refractivity contribution in [3.05, 3.63) is 0 Å². The SMILES string of the molecule is CCOC1CCN(S(=O)(=O)CCCCNC2CC2)CC1. The fraction of sp³-hybridized carbons (Fsp3) is 1.00. The maximum absolute atomic E-state index is 12.2. The van der Waals surface area contributed by atoms with Crippen molar-refractivity contribution in [2.75, 3.05) is 32.0 Å². The second kappa shape index (κ2) is 7.73. The number of sulfonamides is 1. The van der Waals surface area contributed by atoms with E-state index in [1.54, 1.807) is 4.31 Å². The lowest BCUT2D eigenvalue weighted by molar-refractivity contribution is 0.0290. The van der Waals surface area contributed by atoms with E-state index in [2.05, 4.69) is 5.32 Å². The van der Waals surface area contributed by atoms with Gasteiger partial charge in [0, 0.05) is 25.7 Å². The summed E-state index contributed by atoms with van der Waals surface area (Å²) in [6.45, 7) is 4.89. The van der Waals surface area contributed by atoms with Gasteiger partial charge < -0.3 is 10.1 Å². The summed E-state index contributed by atoms with van der Waals surface area (Å²) in [5, 5.41) is 3.42. The van der Waals surface area contributed by atoms with E-state index in [1.807, 2.05) is 6.92 Å². The predicted octanol–water partition coefficient (Wildman–Crippen LogP) is 1.35. The molecule has 1 aliphatic carbocycles. The Labute approximate surface area is 123 Å². The normalized spacial score (nSPS) is 22.2. The van der Waals surface area contributed by atoms with Gasteiger partial charge in [-0.3, -0.25) is 0 Å². The summed E-state index contributed by atoms with van der Waals surface area (Å²) in [7, 11) is -3.06. The molecular weight excluding hydrogens is 276 g/mol. The molecule has 2 aliphatic rings. The van der Waals surface area contributed by atoms with Crippen LogP contribution >= 0.6 is 0 Å². The molecule has 1 aliphatic heterocycles. The standard InChI is InChI=1S/C14H28N2O3S/c1-2-19-14-7-10-16(11-8-14)20(17,18)12-4-3-9-15-13-5-6-13/h13-15H,2-12H2,1H3. The Morgan fingerprint density at radius 1 is 1.15 bits per heavy atom. The molecule has 0 radical (unpaired) electrons. The first kappa shape index (κ1) is 16.2. The van der Waals surface area contributed by atoms with Gasteiger partial charge in [-0.1, -0.05) is 0 Å². The van der Waals surface area contributed by atoms with E-state index in [0.717, 1.165) is 32.2 Å². The summed E-state index contributed by atoms with van der Waals surface area (Å²) in [5.41, 5.74) is 0. The van der Waals surface area contributed by atoms with Gasteiger partial charge in [-0.05, 0) is 52.0 Å². The molecule has 118 valence electrons. The van der Waals surface area contributed by atoms with Crippen molar-refractivity contribution >= 4 is 10.0 Å². The van der Waals surface area contributed by atoms with Crippen molar-refractivity contribution in [3.63, 3.8) is 0 Å². The highest BCUT2D eigenvalue weighted by Crippen LogP contribution is 2.19. The van der Waals surface area contributed by atoms with Gasteiger partial charge >= 0.3 is 0 Å². The van der Waals surface area contributed by atoms with Gasteiger partial charge in [0.25, 0.3) is 0 Å². The number of hydrogen-bond donors (Lipinski definition) is 1. The molecule has 1 saturated heterocycles. The van der Waals surface area contributed by atoms with E-state index in [0.29, 0.717) is 31.5 Å². The minimum absolute atomic E-state index is 0.245. The molecule has 0 amide bonds. The lowest BCUT2D eigenvalue weighted by Gasteiger charge is -2.31. The number of nitrogens with zero attached hydrogens (tertiary/aromatic N) is 1. The molecule has 1 N–H and O–H groups in total. The first-order chi connectivity index (χ1) is 9.62. The van der Waals surface area contributed by atoms with Crippen LogP contribution in [-0.2, 0) is 14.8 Å². The molecule has 2 fully saturated rings. The van der Waals surface area contributed by atoms with E-state index >= 15 is 0 Å². The summed E-state index contributed by atoms with van der Waals surface area (Å²) in [6.07, 6.45) is 6.18. The number of rotatable bonds is 9. The maximum Gasteiger partial charge on any atom is 0.214 e. The van der Waals surface area contributed by atoms with Crippen LogP contribution in [0, 0.1) is 0 Å². The van der Waals surface area contributed by atoms with Crippen molar-refractivity contribution < 1.29 is 13.2 Å². The highest BCUT2D eigenvalue weighted by molar-refractivity contribution is 7.89. The lowest BCUT2D eigenvalue weighted by atomic mass is 10.1. The smallest absolute Gasteiger partial charge is 0.214 e. The fourth-order valence-corrected chi connectivity index (χ4v) is 4.24. The van der Waals surface area contributed by atoms with Crippen molar-refractivity contribution in [2.24, 2.45) is 0 Å². The van der Waals surface area contributed by atoms with Crippen LogP contribution in [0.15, 0.2) is 0 Å². The zero-order chi connectivity index (χ0) is 14.4. The lowest BCUT2D eigenvalue weighted by Crippen LogP contribution is -2.42. The van der Waals surface area contributed by atoms with Gasteiger partial charge in [0.15, 0.2) is 0 Å². The Kier molecular flexibility index (Phi) is 6.26. The number of piperidine rings is 1. The predicted molar refractivity (Wildman–Crippen MR) is 80.3 cm³/mol. The Morgan fingerprint density at radius 3 is 2.45 bits per heavy atom. The summed E-state index contributed by atoms with van der Waals surface area (Å²) < 4.78 is 31.7.